The van der Waals surface area contributed by atoms with E-state index >= 15 is 0 Å². The number of hydrogen-bond acceptors (Lipinski definition) is 2. The molecular weight excluding hydrogens is 216 g/mol. The number of carboxylic acid groups (broad SMARTS) is 1. The second-order valence-corrected chi connectivity index (χ2v) is 5.29. The van der Waals surface area contributed by atoms with E-state index in [1.807, 2.05) is 0 Å². The third-order valence-electron chi connectivity index (χ3n) is 4.00. The van der Waals surface area contributed by atoms with Gasteiger partial charge in [0.05, 0.1) is 0 Å². The zero-order valence-corrected chi connectivity index (χ0v) is 10.8. The Balaban J connectivity index is 2.58. The Morgan fingerprint density at radius 2 is 1.71 bits per heavy atom. The topological polar surface area (TPSA) is 54.4 Å². The van der Waals surface area contributed by atoms with E-state index in [-0.39, 0.29) is 0 Å². The van der Waals surface area contributed by atoms with Crippen LogP contribution in [0.5, 0.6) is 0 Å². The quantitative estimate of drug-likeness (QED) is 0.547. The van der Waals surface area contributed by atoms with E-state index in [4.69, 9.17) is 5.11 Å². The molecule has 0 amide bonds. The predicted octanol–water partition coefficient (Wildman–Crippen LogP) is 3.56. The van der Waals surface area contributed by atoms with Crippen LogP contribution in [0.15, 0.2) is 0 Å². The summed E-state index contributed by atoms with van der Waals surface area (Å²) < 4.78 is 0. The van der Waals surface area contributed by atoms with Crippen LogP contribution in [0.2, 0.25) is 0 Å². The summed E-state index contributed by atoms with van der Waals surface area (Å²) in [4.78, 5) is 22.8. The van der Waals surface area contributed by atoms with Crippen LogP contribution in [-0.4, -0.2) is 16.9 Å². The van der Waals surface area contributed by atoms with Crippen molar-refractivity contribution < 1.29 is 14.7 Å². The van der Waals surface area contributed by atoms with Crippen LogP contribution >= 0.6 is 0 Å². The van der Waals surface area contributed by atoms with Crippen molar-refractivity contribution in [3.05, 3.63) is 0 Å². The monoisotopic (exact) mass is 240 g/mol. The number of carboxylic acids is 1. The standard InChI is InChI=1S/C14H24O3/c1-2-3-4-6-9-14(12(15)13(16)17)10-7-5-8-11-14/h2-11H2,1H3,(H,16,17). The molecule has 1 N–H and O–H groups in total. The van der Waals surface area contributed by atoms with Gasteiger partial charge in [-0.2, -0.15) is 0 Å². The summed E-state index contributed by atoms with van der Waals surface area (Å²) in [6.07, 6.45) is 9.95. The number of carbonyl (C=O) groups excluding carboxylic acids is 1. The molecule has 1 aliphatic rings. The molecular formula is C14H24O3. The zero-order valence-electron chi connectivity index (χ0n) is 10.8. The van der Waals surface area contributed by atoms with Crippen molar-refractivity contribution in [3.8, 4) is 0 Å². The lowest BCUT2D eigenvalue weighted by Crippen LogP contribution is -2.38. The summed E-state index contributed by atoms with van der Waals surface area (Å²) >= 11 is 0. The largest absolute Gasteiger partial charge is 0.475 e. The Morgan fingerprint density at radius 1 is 1.06 bits per heavy atom. The Bertz CT molecular complexity index is 265. The van der Waals surface area contributed by atoms with Gasteiger partial charge in [0.2, 0.25) is 5.78 Å². The molecule has 98 valence electrons. The lowest BCUT2D eigenvalue weighted by Gasteiger charge is -2.34. The van der Waals surface area contributed by atoms with Gasteiger partial charge in [-0.05, 0) is 19.3 Å². The minimum Gasteiger partial charge on any atom is -0.475 e. The maximum atomic E-state index is 11.9. The molecule has 0 aromatic heterocycles. The Hall–Kier alpha value is -0.860. The van der Waals surface area contributed by atoms with Gasteiger partial charge in [-0.15, -0.1) is 0 Å². The van der Waals surface area contributed by atoms with E-state index in [1.165, 1.54) is 12.8 Å². The molecule has 1 saturated carbocycles. The van der Waals surface area contributed by atoms with Crippen LogP contribution in [0, 0.1) is 5.41 Å². The van der Waals surface area contributed by atoms with Crippen LogP contribution in [0.25, 0.3) is 0 Å². The van der Waals surface area contributed by atoms with Crippen molar-refractivity contribution in [3.63, 3.8) is 0 Å². The molecule has 0 aromatic rings. The minimum atomic E-state index is -1.23. The van der Waals surface area contributed by atoms with E-state index in [0.717, 1.165) is 51.4 Å². The molecule has 3 nitrogen and oxygen atoms in total. The van der Waals surface area contributed by atoms with Gasteiger partial charge >= 0.3 is 5.97 Å². The molecule has 0 radical (unpaired) electrons. The minimum absolute atomic E-state index is 0.530. The predicted molar refractivity (Wildman–Crippen MR) is 66.9 cm³/mol. The highest BCUT2D eigenvalue weighted by atomic mass is 16.4. The Kier molecular flexibility index (Phi) is 5.66. The lowest BCUT2D eigenvalue weighted by atomic mass is 9.68. The highest BCUT2D eigenvalue weighted by Crippen LogP contribution is 2.41. The van der Waals surface area contributed by atoms with Gasteiger partial charge in [0.1, 0.15) is 0 Å². The Morgan fingerprint density at radius 3 is 2.24 bits per heavy atom. The molecule has 1 aliphatic carbocycles. The number of hydrogen-bond donors (Lipinski definition) is 1. The van der Waals surface area contributed by atoms with Gasteiger partial charge in [0.25, 0.3) is 0 Å². The SMILES string of the molecule is CCCCCCC1(C(=O)C(=O)O)CCCCC1. The van der Waals surface area contributed by atoms with Crippen molar-refractivity contribution in [2.75, 3.05) is 0 Å². The number of unbranched alkanes of at least 4 members (excludes halogenated alkanes) is 3. The summed E-state index contributed by atoms with van der Waals surface area (Å²) in [7, 11) is 0. The average Bonchev–Trinajstić information content (AvgIpc) is 2.35. The maximum absolute atomic E-state index is 11.9. The van der Waals surface area contributed by atoms with Crippen LogP contribution in [0.1, 0.15) is 71.1 Å². The van der Waals surface area contributed by atoms with E-state index in [0.29, 0.717) is 0 Å². The molecule has 0 unspecified atom stereocenters. The van der Waals surface area contributed by atoms with Crippen LogP contribution in [0.3, 0.4) is 0 Å². The summed E-state index contributed by atoms with van der Waals surface area (Å²) in [5.41, 5.74) is -0.530. The number of ketones is 1. The van der Waals surface area contributed by atoms with Gasteiger partial charge < -0.3 is 5.11 Å². The molecule has 0 bridgehead atoms. The molecule has 0 saturated heterocycles. The first-order chi connectivity index (χ1) is 8.12. The molecule has 0 heterocycles. The summed E-state index contributed by atoms with van der Waals surface area (Å²) in [6.45, 7) is 2.15. The number of carbonyl (C=O) groups is 2. The summed E-state index contributed by atoms with van der Waals surface area (Å²) in [5, 5.41) is 8.95. The van der Waals surface area contributed by atoms with Crippen LogP contribution in [-0.2, 0) is 9.59 Å². The van der Waals surface area contributed by atoms with Gasteiger partial charge in [0, 0.05) is 5.41 Å². The Labute approximate surface area is 104 Å². The number of Topliss-reactive ketones (excluding diaryl/α,β-unsaturated/α-hetero) is 1. The smallest absolute Gasteiger partial charge is 0.372 e. The van der Waals surface area contributed by atoms with Crippen molar-refractivity contribution in [2.45, 2.75) is 71.1 Å². The maximum Gasteiger partial charge on any atom is 0.372 e. The van der Waals surface area contributed by atoms with E-state index < -0.39 is 17.2 Å². The third kappa shape index (κ3) is 3.83. The van der Waals surface area contributed by atoms with E-state index in [2.05, 4.69) is 6.92 Å². The molecule has 3 heteroatoms. The molecule has 0 atom stereocenters. The normalized spacial score (nSPS) is 18.9. The molecule has 1 fully saturated rings. The molecule has 0 spiro atoms. The third-order valence-corrected chi connectivity index (χ3v) is 4.00. The van der Waals surface area contributed by atoms with Crippen molar-refractivity contribution >= 4 is 11.8 Å². The first-order valence-corrected chi connectivity index (χ1v) is 6.90. The van der Waals surface area contributed by atoms with Gasteiger partial charge in [-0.25, -0.2) is 4.79 Å². The average molecular weight is 240 g/mol. The highest BCUT2D eigenvalue weighted by molar-refractivity contribution is 6.34. The van der Waals surface area contributed by atoms with E-state index in [9.17, 15) is 9.59 Å². The highest BCUT2D eigenvalue weighted by Gasteiger charge is 2.42. The van der Waals surface area contributed by atoms with Crippen LogP contribution in [0.4, 0.5) is 0 Å². The molecule has 0 aliphatic heterocycles. The van der Waals surface area contributed by atoms with Gasteiger partial charge in [0.15, 0.2) is 0 Å². The van der Waals surface area contributed by atoms with Crippen molar-refractivity contribution in [1.82, 2.24) is 0 Å². The van der Waals surface area contributed by atoms with Crippen molar-refractivity contribution in [2.24, 2.45) is 5.41 Å². The first-order valence-electron chi connectivity index (χ1n) is 6.90. The first kappa shape index (κ1) is 14.2. The number of aliphatic carboxylic acids is 1. The summed E-state index contributed by atoms with van der Waals surface area (Å²) in [5.74, 6) is -1.77. The molecule has 0 aromatic carbocycles. The van der Waals surface area contributed by atoms with Crippen LogP contribution < -0.4 is 0 Å². The second-order valence-electron chi connectivity index (χ2n) is 5.29. The second kappa shape index (κ2) is 6.77. The number of rotatable bonds is 7. The van der Waals surface area contributed by atoms with Gasteiger partial charge in [-0.1, -0.05) is 51.9 Å². The lowest BCUT2D eigenvalue weighted by molar-refractivity contribution is -0.155. The van der Waals surface area contributed by atoms with Crippen molar-refractivity contribution in [1.29, 1.82) is 0 Å². The summed E-state index contributed by atoms with van der Waals surface area (Å²) in [6, 6.07) is 0. The fourth-order valence-electron chi connectivity index (χ4n) is 2.94. The van der Waals surface area contributed by atoms with Gasteiger partial charge in [-0.3, -0.25) is 4.79 Å². The fourth-order valence-corrected chi connectivity index (χ4v) is 2.94. The zero-order chi connectivity index (χ0) is 12.7. The van der Waals surface area contributed by atoms with E-state index in [1.54, 1.807) is 0 Å². The molecule has 17 heavy (non-hydrogen) atoms. The fraction of sp³-hybridized carbons (Fsp3) is 0.857. The molecule has 1 rings (SSSR count).